The van der Waals surface area contributed by atoms with Gasteiger partial charge in [-0.2, -0.15) is 0 Å². The topological polar surface area (TPSA) is 63.5 Å². The molecule has 0 spiro atoms. The van der Waals surface area contributed by atoms with Gasteiger partial charge in [0.2, 0.25) is 0 Å². The van der Waals surface area contributed by atoms with Crippen molar-refractivity contribution in [2.45, 2.75) is 11.4 Å². The van der Waals surface area contributed by atoms with E-state index in [1.54, 1.807) is 18.3 Å². The van der Waals surface area contributed by atoms with E-state index in [1.807, 2.05) is 22.8 Å². The number of nitrogens with one attached hydrogen (secondary N) is 1. The smallest absolute Gasteiger partial charge is 0.177 e. The molecule has 0 fully saturated rings. The van der Waals surface area contributed by atoms with Crippen molar-refractivity contribution in [1.82, 2.24) is 9.88 Å². The van der Waals surface area contributed by atoms with Crippen molar-refractivity contribution in [2.24, 2.45) is 4.99 Å². The second-order valence-electron chi connectivity index (χ2n) is 6.39. The van der Waals surface area contributed by atoms with Crippen molar-refractivity contribution < 1.29 is 12.8 Å². The van der Waals surface area contributed by atoms with Crippen LogP contribution in [0.5, 0.6) is 0 Å². The number of nitrogens with zero attached hydrogens (tertiary/aromatic N) is 2. The van der Waals surface area contributed by atoms with Crippen molar-refractivity contribution in [1.29, 1.82) is 0 Å². The Kier molecular flexibility index (Phi) is 4.03. The molecule has 0 aliphatic carbocycles. The van der Waals surface area contributed by atoms with E-state index in [-0.39, 0.29) is 10.7 Å². The molecule has 2 aromatic carbocycles. The predicted molar refractivity (Wildman–Crippen MR) is 101 cm³/mol. The van der Waals surface area contributed by atoms with Crippen molar-refractivity contribution >= 4 is 26.6 Å². The van der Waals surface area contributed by atoms with E-state index >= 15 is 0 Å². The van der Waals surface area contributed by atoms with Crippen LogP contribution in [0.15, 0.2) is 58.5 Å². The van der Waals surface area contributed by atoms with E-state index in [4.69, 9.17) is 0 Å². The lowest BCUT2D eigenvalue weighted by Gasteiger charge is -2.07. The second kappa shape index (κ2) is 6.25. The van der Waals surface area contributed by atoms with Gasteiger partial charge in [0, 0.05) is 29.9 Å². The zero-order chi connectivity index (χ0) is 18.3. The van der Waals surface area contributed by atoms with Crippen molar-refractivity contribution in [2.75, 3.05) is 19.3 Å². The number of benzene rings is 2. The minimum atomic E-state index is -3.39. The van der Waals surface area contributed by atoms with Crippen LogP contribution < -0.4 is 5.32 Å². The van der Waals surface area contributed by atoms with Crippen LogP contribution in [0.1, 0.15) is 0 Å². The summed E-state index contributed by atoms with van der Waals surface area (Å²) in [5.74, 6) is 0.548. The van der Waals surface area contributed by atoms with E-state index < -0.39 is 9.84 Å². The molecule has 2 heterocycles. The molecule has 0 saturated carbocycles. The largest absolute Gasteiger partial charge is 0.370 e. The average molecular weight is 371 g/mol. The van der Waals surface area contributed by atoms with Crippen molar-refractivity contribution in [3.8, 4) is 11.1 Å². The first kappa shape index (κ1) is 16.8. The third-order valence-corrected chi connectivity index (χ3v) is 5.61. The highest BCUT2D eigenvalue weighted by Gasteiger charge is 2.19. The molecule has 0 bridgehead atoms. The second-order valence-corrected chi connectivity index (χ2v) is 8.37. The molecule has 0 atom stereocenters. The molecule has 1 N–H and O–H groups in total. The van der Waals surface area contributed by atoms with Gasteiger partial charge in [0.05, 0.1) is 18.0 Å². The standard InChI is InChI=1S/C19H18FN3O2S/c1-26(24,25)18-11-23(12-19-21-8-9-22-19)17-7-4-14(10-16(17)18)13-2-5-15(20)6-3-13/h2-7,10-11H,8-9,12H2,1H3,(H,21,22). The molecule has 26 heavy (non-hydrogen) atoms. The van der Waals surface area contributed by atoms with E-state index in [9.17, 15) is 12.8 Å². The lowest BCUT2D eigenvalue weighted by molar-refractivity contribution is 0.602. The number of aliphatic imine (C=N–C) groups is 1. The van der Waals surface area contributed by atoms with Gasteiger partial charge in [0.1, 0.15) is 11.7 Å². The molecular formula is C19H18FN3O2S. The van der Waals surface area contributed by atoms with E-state index in [2.05, 4.69) is 10.3 Å². The van der Waals surface area contributed by atoms with Gasteiger partial charge in [0.25, 0.3) is 0 Å². The lowest BCUT2D eigenvalue weighted by atomic mass is 10.0. The first-order valence-corrected chi connectivity index (χ1v) is 10.2. The van der Waals surface area contributed by atoms with Crippen LogP contribution in [-0.4, -0.2) is 38.2 Å². The van der Waals surface area contributed by atoms with Gasteiger partial charge in [-0.3, -0.25) is 4.99 Å². The molecule has 3 aromatic rings. The summed E-state index contributed by atoms with van der Waals surface area (Å²) in [5.41, 5.74) is 2.51. The minimum absolute atomic E-state index is 0.287. The average Bonchev–Trinajstić information content (AvgIpc) is 3.23. The van der Waals surface area contributed by atoms with E-state index in [0.29, 0.717) is 11.9 Å². The SMILES string of the molecule is CS(=O)(=O)c1cn(CC2=NCCN2)c2ccc(-c3ccc(F)cc3)cc12. The zero-order valence-electron chi connectivity index (χ0n) is 14.2. The summed E-state index contributed by atoms with van der Waals surface area (Å²) < 4.78 is 39.6. The quantitative estimate of drug-likeness (QED) is 0.767. The zero-order valence-corrected chi connectivity index (χ0v) is 15.1. The van der Waals surface area contributed by atoms with Crippen LogP contribution in [0.4, 0.5) is 4.39 Å². The van der Waals surface area contributed by atoms with Crippen molar-refractivity contribution in [3.63, 3.8) is 0 Å². The first-order valence-electron chi connectivity index (χ1n) is 8.28. The van der Waals surface area contributed by atoms with Crippen molar-refractivity contribution in [3.05, 3.63) is 54.5 Å². The van der Waals surface area contributed by atoms with Crippen LogP contribution >= 0.6 is 0 Å². The minimum Gasteiger partial charge on any atom is -0.370 e. The summed E-state index contributed by atoms with van der Waals surface area (Å²) in [7, 11) is -3.39. The normalized spacial score (nSPS) is 14.5. The summed E-state index contributed by atoms with van der Waals surface area (Å²) in [5, 5.41) is 3.86. The fraction of sp³-hybridized carbons (Fsp3) is 0.211. The number of fused-ring (bicyclic) bond motifs is 1. The highest BCUT2D eigenvalue weighted by Crippen LogP contribution is 2.30. The molecule has 7 heteroatoms. The number of rotatable bonds is 4. The Morgan fingerprint density at radius 3 is 2.54 bits per heavy atom. The summed E-state index contributed by atoms with van der Waals surface area (Å²) in [6.45, 7) is 2.05. The Balaban J connectivity index is 1.86. The summed E-state index contributed by atoms with van der Waals surface area (Å²) in [6.07, 6.45) is 2.87. The molecule has 134 valence electrons. The molecule has 4 rings (SSSR count). The van der Waals surface area contributed by atoms with E-state index in [0.717, 1.165) is 35.6 Å². The van der Waals surface area contributed by atoms with Crippen LogP contribution in [0.2, 0.25) is 0 Å². The van der Waals surface area contributed by atoms with E-state index in [1.165, 1.54) is 18.4 Å². The molecular weight excluding hydrogens is 353 g/mol. The Labute approximate surface area is 151 Å². The number of hydrogen-bond donors (Lipinski definition) is 1. The first-order chi connectivity index (χ1) is 12.4. The van der Waals surface area contributed by atoms with Gasteiger partial charge in [0.15, 0.2) is 9.84 Å². The molecule has 1 aromatic heterocycles. The Morgan fingerprint density at radius 1 is 1.15 bits per heavy atom. The Bertz CT molecular complexity index is 1120. The van der Waals surface area contributed by atoms with Gasteiger partial charge < -0.3 is 9.88 Å². The molecule has 0 saturated heterocycles. The van der Waals surface area contributed by atoms with Gasteiger partial charge in [-0.05, 0) is 35.4 Å². The number of amidine groups is 1. The summed E-state index contributed by atoms with van der Waals surface area (Å²) in [4.78, 5) is 4.67. The maximum Gasteiger partial charge on any atom is 0.177 e. The van der Waals surface area contributed by atoms with Crippen LogP contribution in [0.25, 0.3) is 22.0 Å². The molecule has 1 aliphatic rings. The third kappa shape index (κ3) is 3.10. The number of sulfone groups is 1. The Hall–Kier alpha value is -2.67. The van der Waals surface area contributed by atoms with Gasteiger partial charge in [-0.1, -0.05) is 18.2 Å². The highest BCUT2D eigenvalue weighted by atomic mass is 32.2. The number of hydrogen-bond acceptors (Lipinski definition) is 4. The number of aromatic nitrogens is 1. The van der Waals surface area contributed by atoms with Crippen LogP contribution in [-0.2, 0) is 16.4 Å². The van der Waals surface area contributed by atoms with Crippen LogP contribution in [0, 0.1) is 5.82 Å². The molecule has 0 radical (unpaired) electrons. The predicted octanol–water partition coefficient (Wildman–Crippen LogP) is 2.85. The number of halogens is 1. The van der Waals surface area contributed by atoms with Crippen LogP contribution in [0.3, 0.4) is 0 Å². The van der Waals surface area contributed by atoms with Gasteiger partial charge in [-0.15, -0.1) is 0 Å². The molecule has 0 amide bonds. The lowest BCUT2D eigenvalue weighted by Crippen LogP contribution is -2.23. The summed E-state index contributed by atoms with van der Waals surface area (Å²) >= 11 is 0. The maximum absolute atomic E-state index is 13.2. The fourth-order valence-electron chi connectivity index (χ4n) is 3.23. The molecule has 5 nitrogen and oxygen atoms in total. The highest BCUT2D eigenvalue weighted by molar-refractivity contribution is 7.91. The monoisotopic (exact) mass is 371 g/mol. The van der Waals surface area contributed by atoms with Gasteiger partial charge >= 0.3 is 0 Å². The molecule has 1 aliphatic heterocycles. The summed E-state index contributed by atoms with van der Waals surface area (Å²) in [6, 6.07) is 11.8. The fourth-order valence-corrected chi connectivity index (χ4v) is 4.11. The van der Waals surface area contributed by atoms with Gasteiger partial charge in [-0.25, -0.2) is 12.8 Å². The third-order valence-electron chi connectivity index (χ3n) is 4.49. The Morgan fingerprint density at radius 2 is 1.88 bits per heavy atom. The molecule has 0 unspecified atom stereocenters. The maximum atomic E-state index is 13.2.